The molecule has 0 aliphatic heterocycles. The van der Waals surface area contributed by atoms with Crippen molar-refractivity contribution in [1.82, 2.24) is 5.32 Å². The molecule has 0 saturated heterocycles. The zero-order valence-electron chi connectivity index (χ0n) is 9.67. The van der Waals surface area contributed by atoms with Gasteiger partial charge in [0.2, 0.25) is 0 Å². The van der Waals surface area contributed by atoms with Crippen molar-refractivity contribution < 1.29 is 10.2 Å². The number of hydrogen-bond acceptors (Lipinski definition) is 3. The Bertz CT molecular complexity index is 156. The molecule has 90 valence electrons. The van der Waals surface area contributed by atoms with E-state index in [1.165, 1.54) is 19.3 Å². The van der Waals surface area contributed by atoms with Crippen molar-refractivity contribution >= 4 is 0 Å². The number of rotatable bonds is 7. The highest BCUT2D eigenvalue weighted by Crippen LogP contribution is 2.35. The lowest BCUT2D eigenvalue weighted by Gasteiger charge is -2.35. The summed E-state index contributed by atoms with van der Waals surface area (Å²) >= 11 is 0. The second-order valence-corrected chi connectivity index (χ2v) is 4.83. The van der Waals surface area contributed by atoms with Crippen LogP contribution in [0, 0.1) is 5.41 Å². The fraction of sp³-hybridized carbons (Fsp3) is 1.00. The largest absolute Gasteiger partial charge is 0.396 e. The van der Waals surface area contributed by atoms with Gasteiger partial charge >= 0.3 is 0 Å². The third-order valence-electron chi connectivity index (χ3n) is 3.51. The Labute approximate surface area is 92.9 Å². The topological polar surface area (TPSA) is 52.5 Å². The first kappa shape index (κ1) is 12.9. The first-order valence-corrected chi connectivity index (χ1v) is 6.25. The molecule has 1 aliphatic carbocycles. The van der Waals surface area contributed by atoms with E-state index in [1.54, 1.807) is 0 Å². The minimum absolute atomic E-state index is 0.150. The highest BCUT2D eigenvalue weighted by Gasteiger charge is 2.30. The van der Waals surface area contributed by atoms with Crippen LogP contribution in [0.3, 0.4) is 0 Å². The van der Waals surface area contributed by atoms with Gasteiger partial charge in [0.1, 0.15) is 0 Å². The van der Waals surface area contributed by atoms with Crippen molar-refractivity contribution in [2.24, 2.45) is 5.41 Å². The van der Waals surface area contributed by atoms with Crippen LogP contribution < -0.4 is 5.32 Å². The van der Waals surface area contributed by atoms with Crippen LogP contribution in [0.2, 0.25) is 0 Å². The molecular formula is C12H25NO2. The van der Waals surface area contributed by atoms with Gasteiger partial charge in [0.05, 0.1) is 0 Å². The van der Waals surface area contributed by atoms with Gasteiger partial charge in [-0.1, -0.05) is 19.3 Å². The molecule has 0 radical (unpaired) electrons. The van der Waals surface area contributed by atoms with Gasteiger partial charge < -0.3 is 15.5 Å². The maximum absolute atomic E-state index is 9.46. The Morgan fingerprint density at radius 1 is 1.00 bits per heavy atom. The van der Waals surface area contributed by atoms with E-state index in [4.69, 9.17) is 5.11 Å². The van der Waals surface area contributed by atoms with E-state index in [9.17, 15) is 5.11 Å². The average Bonchev–Trinajstić information content (AvgIpc) is 2.30. The fourth-order valence-electron chi connectivity index (χ4n) is 2.41. The molecule has 0 bridgehead atoms. The van der Waals surface area contributed by atoms with Crippen molar-refractivity contribution in [2.75, 3.05) is 26.3 Å². The van der Waals surface area contributed by atoms with Gasteiger partial charge in [0.15, 0.2) is 0 Å². The molecule has 0 spiro atoms. The molecule has 1 fully saturated rings. The molecule has 1 saturated carbocycles. The smallest absolute Gasteiger partial charge is 0.0499 e. The Hall–Kier alpha value is -0.120. The van der Waals surface area contributed by atoms with Gasteiger partial charge in [-0.25, -0.2) is 0 Å². The second-order valence-electron chi connectivity index (χ2n) is 4.83. The van der Waals surface area contributed by atoms with E-state index >= 15 is 0 Å². The lowest BCUT2D eigenvalue weighted by Crippen LogP contribution is -2.39. The highest BCUT2D eigenvalue weighted by molar-refractivity contribution is 4.84. The van der Waals surface area contributed by atoms with E-state index in [-0.39, 0.29) is 12.0 Å². The lowest BCUT2D eigenvalue weighted by atomic mass is 9.74. The van der Waals surface area contributed by atoms with Crippen LogP contribution in [0.15, 0.2) is 0 Å². The van der Waals surface area contributed by atoms with Crippen molar-refractivity contribution in [3.8, 4) is 0 Å². The van der Waals surface area contributed by atoms with E-state index in [2.05, 4.69) is 5.32 Å². The van der Waals surface area contributed by atoms with Gasteiger partial charge in [-0.15, -0.1) is 0 Å². The Kier molecular flexibility index (Phi) is 6.22. The first-order chi connectivity index (χ1) is 7.33. The summed E-state index contributed by atoms with van der Waals surface area (Å²) in [5.74, 6) is 0. The maximum atomic E-state index is 9.46. The number of unbranched alkanes of at least 4 members (excludes halogenated alkanes) is 1. The molecule has 0 atom stereocenters. The zero-order valence-corrected chi connectivity index (χ0v) is 9.67. The molecule has 15 heavy (non-hydrogen) atoms. The summed E-state index contributed by atoms with van der Waals surface area (Å²) in [4.78, 5) is 0. The summed E-state index contributed by atoms with van der Waals surface area (Å²) < 4.78 is 0. The van der Waals surface area contributed by atoms with Crippen LogP contribution in [0.1, 0.15) is 44.9 Å². The summed E-state index contributed by atoms with van der Waals surface area (Å²) in [7, 11) is 0. The molecule has 1 rings (SSSR count). The van der Waals surface area contributed by atoms with Crippen molar-refractivity contribution in [3.63, 3.8) is 0 Å². The number of nitrogens with one attached hydrogen (secondary N) is 1. The Morgan fingerprint density at radius 3 is 2.33 bits per heavy atom. The van der Waals surface area contributed by atoms with Crippen molar-refractivity contribution in [3.05, 3.63) is 0 Å². The van der Waals surface area contributed by atoms with Crippen LogP contribution in [0.4, 0.5) is 0 Å². The highest BCUT2D eigenvalue weighted by atomic mass is 16.3. The van der Waals surface area contributed by atoms with Gasteiger partial charge in [0, 0.05) is 25.2 Å². The first-order valence-electron chi connectivity index (χ1n) is 6.25. The van der Waals surface area contributed by atoms with Crippen LogP contribution in [0.5, 0.6) is 0 Å². The molecule has 0 heterocycles. The molecule has 1 aliphatic rings. The third kappa shape index (κ3) is 4.49. The number of aliphatic hydroxyl groups is 2. The zero-order chi connectivity index (χ0) is 11.0. The van der Waals surface area contributed by atoms with Crippen molar-refractivity contribution in [2.45, 2.75) is 44.9 Å². The number of hydrogen-bond donors (Lipinski definition) is 3. The average molecular weight is 215 g/mol. The summed E-state index contributed by atoms with van der Waals surface area (Å²) in [6, 6.07) is 0. The van der Waals surface area contributed by atoms with Crippen molar-refractivity contribution in [1.29, 1.82) is 0 Å². The molecule has 3 heteroatoms. The molecule has 3 N–H and O–H groups in total. The van der Waals surface area contributed by atoms with Crippen LogP contribution in [0.25, 0.3) is 0 Å². The predicted molar refractivity (Wildman–Crippen MR) is 61.8 cm³/mol. The van der Waals surface area contributed by atoms with Gasteiger partial charge in [0.25, 0.3) is 0 Å². The maximum Gasteiger partial charge on any atom is 0.0499 e. The summed E-state index contributed by atoms with van der Waals surface area (Å²) in [5.41, 5.74) is 0.150. The van der Waals surface area contributed by atoms with E-state index < -0.39 is 0 Å². The van der Waals surface area contributed by atoms with Gasteiger partial charge in [-0.05, 0) is 32.2 Å². The summed E-state index contributed by atoms with van der Waals surface area (Å²) in [5, 5.41) is 21.5. The van der Waals surface area contributed by atoms with Crippen LogP contribution in [-0.4, -0.2) is 36.5 Å². The van der Waals surface area contributed by atoms with E-state index in [0.29, 0.717) is 6.61 Å². The lowest BCUT2D eigenvalue weighted by molar-refractivity contribution is 0.0813. The quantitative estimate of drug-likeness (QED) is 0.561. The predicted octanol–water partition coefficient (Wildman–Crippen LogP) is 1.29. The molecular weight excluding hydrogens is 190 g/mol. The van der Waals surface area contributed by atoms with Crippen LogP contribution in [-0.2, 0) is 0 Å². The van der Waals surface area contributed by atoms with E-state index in [1.807, 2.05) is 0 Å². The van der Waals surface area contributed by atoms with Gasteiger partial charge in [-0.3, -0.25) is 0 Å². The number of aliphatic hydroxyl groups excluding tert-OH is 2. The SMILES string of the molecule is OCCCCNCC1(CO)CCCCC1. The van der Waals surface area contributed by atoms with E-state index in [0.717, 1.165) is 38.8 Å². The summed E-state index contributed by atoms with van der Waals surface area (Å²) in [6.07, 6.45) is 8.08. The van der Waals surface area contributed by atoms with Crippen LogP contribution >= 0.6 is 0 Å². The van der Waals surface area contributed by atoms with Gasteiger partial charge in [-0.2, -0.15) is 0 Å². The summed E-state index contributed by atoms with van der Waals surface area (Å²) in [6.45, 7) is 2.50. The molecule has 0 aromatic heterocycles. The molecule has 0 aromatic rings. The Balaban J connectivity index is 2.15. The Morgan fingerprint density at radius 2 is 1.73 bits per heavy atom. The fourth-order valence-corrected chi connectivity index (χ4v) is 2.41. The minimum Gasteiger partial charge on any atom is -0.396 e. The molecule has 3 nitrogen and oxygen atoms in total. The monoisotopic (exact) mass is 215 g/mol. The molecule has 0 unspecified atom stereocenters. The minimum atomic E-state index is 0.150. The third-order valence-corrected chi connectivity index (χ3v) is 3.51. The second kappa shape index (κ2) is 7.20. The molecule has 0 aromatic carbocycles. The normalized spacial score (nSPS) is 20.4. The molecule has 0 amide bonds. The standard InChI is InChI=1S/C12H25NO2/c14-9-5-4-8-13-10-12(11-15)6-2-1-3-7-12/h13-15H,1-11H2.